The van der Waals surface area contributed by atoms with Crippen LogP contribution >= 0.6 is 15.9 Å². The fraction of sp³-hybridized carbons (Fsp3) is 0.294. The monoisotopic (exact) mass is 440 g/mol. The Hall–Kier alpha value is -1.97. The largest absolute Gasteiger partial charge is 0.482 e. The van der Waals surface area contributed by atoms with Crippen molar-refractivity contribution in [1.29, 1.82) is 0 Å². The van der Waals surface area contributed by atoms with E-state index >= 15 is 0 Å². The lowest BCUT2D eigenvalue weighted by Gasteiger charge is -2.16. The molecule has 26 heavy (non-hydrogen) atoms. The molecule has 0 radical (unpaired) electrons. The molecule has 7 nitrogen and oxygen atoms in total. The molecule has 1 fully saturated rings. The number of rotatable bonds is 6. The van der Waals surface area contributed by atoms with Crippen molar-refractivity contribution in [1.82, 2.24) is 4.31 Å². The zero-order chi connectivity index (χ0) is 18.7. The van der Waals surface area contributed by atoms with E-state index in [-0.39, 0.29) is 22.9 Å². The van der Waals surface area contributed by atoms with Gasteiger partial charge in [-0.25, -0.2) is 8.42 Å². The number of nitro groups is 1. The summed E-state index contributed by atoms with van der Waals surface area (Å²) < 4.78 is 33.0. The average molecular weight is 441 g/mol. The Kier molecular flexibility index (Phi) is 5.59. The van der Waals surface area contributed by atoms with Crippen LogP contribution < -0.4 is 4.74 Å². The first kappa shape index (κ1) is 18.8. The van der Waals surface area contributed by atoms with Gasteiger partial charge in [0.1, 0.15) is 6.61 Å². The van der Waals surface area contributed by atoms with E-state index in [0.717, 1.165) is 28.9 Å². The zero-order valence-corrected chi connectivity index (χ0v) is 16.2. The average Bonchev–Trinajstić information content (AvgIpc) is 3.15. The van der Waals surface area contributed by atoms with Crippen molar-refractivity contribution in [2.45, 2.75) is 24.3 Å². The Morgan fingerprint density at radius 3 is 2.54 bits per heavy atom. The summed E-state index contributed by atoms with van der Waals surface area (Å²) in [5.41, 5.74) is 0.475. The smallest absolute Gasteiger partial charge is 0.312 e. The maximum atomic E-state index is 12.6. The van der Waals surface area contributed by atoms with Crippen LogP contribution in [0.2, 0.25) is 0 Å². The zero-order valence-electron chi connectivity index (χ0n) is 13.8. The molecule has 2 aromatic rings. The lowest BCUT2D eigenvalue weighted by Crippen LogP contribution is -2.27. The molecular formula is C17H17BrN2O5S. The van der Waals surface area contributed by atoms with Crippen LogP contribution in [0, 0.1) is 10.1 Å². The van der Waals surface area contributed by atoms with Crippen molar-refractivity contribution in [3.63, 3.8) is 0 Å². The van der Waals surface area contributed by atoms with Gasteiger partial charge in [0.25, 0.3) is 0 Å². The summed E-state index contributed by atoms with van der Waals surface area (Å²) in [4.78, 5) is 10.7. The highest BCUT2D eigenvalue weighted by Gasteiger charge is 2.29. The number of hydrogen-bond acceptors (Lipinski definition) is 5. The summed E-state index contributed by atoms with van der Waals surface area (Å²) in [5, 5.41) is 11.4. The molecule has 0 saturated carbocycles. The molecule has 2 aromatic carbocycles. The van der Waals surface area contributed by atoms with Gasteiger partial charge in [-0.05, 0) is 42.7 Å². The van der Waals surface area contributed by atoms with E-state index < -0.39 is 14.9 Å². The fourth-order valence-corrected chi connectivity index (χ4v) is 4.77. The second-order valence-corrected chi connectivity index (χ2v) is 8.77. The van der Waals surface area contributed by atoms with Gasteiger partial charge in [-0.3, -0.25) is 10.1 Å². The summed E-state index contributed by atoms with van der Waals surface area (Å²) in [6, 6.07) is 11.2. The maximum absolute atomic E-state index is 12.6. The van der Waals surface area contributed by atoms with Crippen LogP contribution in [0.4, 0.5) is 5.69 Å². The van der Waals surface area contributed by atoms with E-state index in [1.54, 1.807) is 0 Å². The highest BCUT2D eigenvalue weighted by molar-refractivity contribution is 9.10. The number of nitro benzene ring substituents is 1. The van der Waals surface area contributed by atoms with E-state index in [0.29, 0.717) is 13.1 Å². The molecule has 0 spiro atoms. The van der Waals surface area contributed by atoms with Crippen molar-refractivity contribution >= 4 is 31.6 Å². The molecule has 9 heteroatoms. The third-order valence-electron chi connectivity index (χ3n) is 4.11. The van der Waals surface area contributed by atoms with Crippen LogP contribution in [0.5, 0.6) is 5.75 Å². The molecule has 3 rings (SSSR count). The summed E-state index contributed by atoms with van der Waals surface area (Å²) >= 11 is 3.35. The van der Waals surface area contributed by atoms with Gasteiger partial charge in [-0.2, -0.15) is 4.31 Å². The van der Waals surface area contributed by atoms with Crippen molar-refractivity contribution < 1.29 is 18.1 Å². The third kappa shape index (κ3) is 4.05. The van der Waals surface area contributed by atoms with Gasteiger partial charge in [0.2, 0.25) is 10.0 Å². The minimum absolute atomic E-state index is 0.0374. The molecule has 1 aliphatic heterocycles. The van der Waals surface area contributed by atoms with Crippen molar-refractivity contribution in [3.05, 3.63) is 62.6 Å². The highest BCUT2D eigenvalue weighted by Crippen LogP contribution is 2.32. The summed E-state index contributed by atoms with van der Waals surface area (Å²) in [7, 11) is -3.72. The minimum Gasteiger partial charge on any atom is -0.482 e. The number of ether oxygens (including phenoxy) is 1. The molecule has 0 aromatic heterocycles. The van der Waals surface area contributed by atoms with Crippen molar-refractivity contribution in [2.24, 2.45) is 0 Å². The topological polar surface area (TPSA) is 89.8 Å². The molecule has 0 amide bonds. The van der Waals surface area contributed by atoms with Gasteiger partial charge in [0.15, 0.2) is 5.75 Å². The Bertz CT molecular complexity index is 927. The van der Waals surface area contributed by atoms with Crippen LogP contribution in [0.25, 0.3) is 0 Å². The Balaban J connectivity index is 1.86. The quantitative estimate of drug-likeness (QED) is 0.504. The van der Waals surface area contributed by atoms with Crippen molar-refractivity contribution in [3.8, 4) is 5.75 Å². The third-order valence-corrected chi connectivity index (χ3v) is 6.50. The van der Waals surface area contributed by atoms with E-state index in [2.05, 4.69) is 15.9 Å². The van der Waals surface area contributed by atoms with Crippen LogP contribution in [0.15, 0.2) is 51.8 Å². The predicted molar refractivity (Wildman–Crippen MR) is 99.6 cm³/mol. The van der Waals surface area contributed by atoms with E-state index in [1.165, 1.54) is 16.4 Å². The molecule has 138 valence electrons. The Morgan fingerprint density at radius 1 is 1.15 bits per heavy atom. The van der Waals surface area contributed by atoms with Crippen LogP contribution in [0.3, 0.4) is 0 Å². The predicted octanol–water partition coefficient (Wildman–Crippen LogP) is 3.72. The first-order chi connectivity index (χ1) is 12.4. The van der Waals surface area contributed by atoms with Crippen molar-refractivity contribution in [2.75, 3.05) is 13.1 Å². The second-order valence-electron chi connectivity index (χ2n) is 5.92. The summed E-state index contributed by atoms with van der Waals surface area (Å²) in [6.07, 6.45) is 1.60. The fourth-order valence-electron chi connectivity index (χ4n) is 2.79. The van der Waals surface area contributed by atoms with Gasteiger partial charge >= 0.3 is 5.69 Å². The van der Waals surface area contributed by atoms with Gasteiger partial charge in [0, 0.05) is 23.6 Å². The first-order valence-corrected chi connectivity index (χ1v) is 10.3. The summed E-state index contributed by atoms with van der Waals surface area (Å²) in [5.74, 6) is 0.0374. The molecule has 1 saturated heterocycles. The summed E-state index contributed by atoms with van der Waals surface area (Å²) in [6.45, 7) is 1.02. The van der Waals surface area contributed by atoms with Gasteiger partial charge in [-0.15, -0.1) is 0 Å². The van der Waals surface area contributed by atoms with E-state index in [1.807, 2.05) is 24.3 Å². The number of halogens is 1. The number of benzene rings is 2. The van der Waals surface area contributed by atoms with Gasteiger partial charge in [-0.1, -0.05) is 28.1 Å². The number of sulfonamides is 1. The standard InChI is InChI=1S/C17H17BrN2O5S/c18-14-5-3-4-13(10-14)12-25-17-7-6-15(11-16(17)20(21)22)26(23,24)19-8-1-2-9-19/h3-7,10-11H,1-2,8-9,12H2. The molecule has 1 heterocycles. The van der Waals surface area contributed by atoms with Crippen LogP contribution in [-0.2, 0) is 16.6 Å². The first-order valence-electron chi connectivity index (χ1n) is 8.04. The van der Waals surface area contributed by atoms with Gasteiger partial charge < -0.3 is 4.74 Å². The molecule has 0 N–H and O–H groups in total. The highest BCUT2D eigenvalue weighted by atomic mass is 79.9. The van der Waals surface area contributed by atoms with Gasteiger partial charge in [0.05, 0.1) is 9.82 Å². The molecular weight excluding hydrogens is 424 g/mol. The van der Waals surface area contributed by atoms with E-state index in [4.69, 9.17) is 4.74 Å². The molecule has 0 atom stereocenters. The maximum Gasteiger partial charge on any atom is 0.312 e. The number of hydrogen-bond donors (Lipinski definition) is 0. The van der Waals surface area contributed by atoms with Crippen LogP contribution in [0.1, 0.15) is 18.4 Å². The number of nitrogens with zero attached hydrogens (tertiary/aromatic N) is 2. The second kappa shape index (κ2) is 7.73. The molecule has 1 aliphatic rings. The molecule has 0 unspecified atom stereocenters. The van der Waals surface area contributed by atoms with Crippen LogP contribution in [-0.4, -0.2) is 30.7 Å². The SMILES string of the molecule is O=[N+]([O-])c1cc(S(=O)(=O)N2CCCC2)ccc1OCc1cccc(Br)c1. The molecule has 0 bridgehead atoms. The Labute approximate surface area is 159 Å². The molecule has 0 aliphatic carbocycles. The van der Waals surface area contributed by atoms with E-state index in [9.17, 15) is 18.5 Å². The lowest BCUT2D eigenvalue weighted by atomic mass is 10.2. The Morgan fingerprint density at radius 2 is 1.88 bits per heavy atom. The minimum atomic E-state index is -3.72. The normalized spacial score (nSPS) is 15.1. The lowest BCUT2D eigenvalue weighted by molar-refractivity contribution is -0.386.